The highest BCUT2D eigenvalue weighted by Crippen LogP contribution is 2.15. The summed E-state index contributed by atoms with van der Waals surface area (Å²) in [5.41, 5.74) is 6.29. The first-order valence-electron chi connectivity index (χ1n) is 4.80. The van der Waals surface area contributed by atoms with E-state index >= 15 is 0 Å². The molecule has 6 heteroatoms. The third kappa shape index (κ3) is 2.70. The van der Waals surface area contributed by atoms with Crippen molar-refractivity contribution in [1.82, 2.24) is 10.0 Å². The molecule has 0 bridgehead atoms. The molecule has 0 unspecified atom stereocenters. The molecule has 0 atom stereocenters. The molecule has 0 aromatic carbocycles. The molecule has 5 nitrogen and oxygen atoms in total. The lowest BCUT2D eigenvalue weighted by Gasteiger charge is -2.33. The molecule has 1 aromatic heterocycles. The highest BCUT2D eigenvalue weighted by molar-refractivity contribution is 14.1. The summed E-state index contributed by atoms with van der Waals surface area (Å²) in [4.78, 5) is 6.52. The van der Waals surface area contributed by atoms with Crippen LogP contribution in [0.1, 0.15) is 0 Å². The molecule has 1 saturated heterocycles. The van der Waals surface area contributed by atoms with Gasteiger partial charge >= 0.3 is 0 Å². The molecule has 0 aliphatic carbocycles. The number of halogens is 1. The molecule has 1 aliphatic heterocycles. The lowest BCUT2D eigenvalue weighted by Crippen LogP contribution is -2.45. The number of nitrogens with two attached hydrogens (primary N) is 1. The van der Waals surface area contributed by atoms with Crippen molar-refractivity contribution in [1.29, 1.82) is 0 Å². The Balaban J connectivity index is 1.98. The highest BCUT2D eigenvalue weighted by atomic mass is 127. The number of hydroxylamine groups is 2. The first kappa shape index (κ1) is 10.9. The zero-order valence-corrected chi connectivity index (χ0v) is 10.4. The van der Waals surface area contributed by atoms with Crippen molar-refractivity contribution in [3.8, 4) is 0 Å². The van der Waals surface area contributed by atoms with E-state index in [1.807, 2.05) is 40.2 Å². The SMILES string of the molecule is Nc1ccc(N2CCN(OI)CC2)nc1. The number of piperazine rings is 1. The summed E-state index contributed by atoms with van der Waals surface area (Å²) in [5, 5.41) is 1.94. The van der Waals surface area contributed by atoms with E-state index in [9.17, 15) is 0 Å². The van der Waals surface area contributed by atoms with Crippen molar-refractivity contribution in [2.24, 2.45) is 0 Å². The summed E-state index contributed by atoms with van der Waals surface area (Å²) in [7, 11) is 0. The zero-order chi connectivity index (χ0) is 10.7. The topological polar surface area (TPSA) is 54.6 Å². The van der Waals surface area contributed by atoms with E-state index in [2.05, 4.69) is 9.88 Å². The van der Waals surface area contributed by atoms with E-state index in [0.29, 0.717) is 5.69 Å². The first-order valence-corrected chi connectivity index (χ1v) is 5.68. The smallest absolute Gasteiger partial charge is 0.137 e. The second kappa shape index (κ2) is 4.95. The van der Waals surface area contributed by atoms with Gasteiger partial charge in [-0.05, 0) is 12.1 Å². The Morgan fingerprint density at radius 2 is 2.00 bits per heavy atom. The van der Waals surface area contributed by atoms with Crippen LogP contribution in [0.4, 0.5) is 11.5 Å². The Hall–Kier alpha value is -0.600. The van der Waals surface area contributed by atoms with Crippen molar-refractivity contribution >= 4 is 34.5 Å². The molecular weight excluding hydrogens is 307 g/mol. The fraction of sp³-hybridized carbons (Fsp3) is 0.444. The molecule has 2 rings (SSSR count). The van der Waals surface area contributed by atoms with Gasteiger partial charge in [0.05, 0.1) is 11.9 Å². The van der Waals surface area contributed by atoms with Gasteiger partial charge in [0.2, 0.25) is 0 Å². The van der Waals surface area contributed by atoms with Crippen LogP contribution in [-0.2, 0) is 3.17 Å². The molecule has 1 aliphatic rings. The van der Waals surface area contributed by atoms with E-state index in [1.165, 1.54) is 0 Å². The summed E-state index contributed by atoms with van der Waals surface area (Å²) in [5.74, 6) is 0.984. The van der Waals surface area contributed by atoms with Crippen LogP contribution in [0.5, 0.6) is 0 Å². The lowest BCUT2D eigenvalue weighted by molar-refractivity contribution is -0.0147. The number of pyridine rings is 1. The quantitative estimate of drug-likeness (QED) is 0.826. The predicted molar refractivity (Wildman–Crippen MR) is 67.5 cm³/mol. The average molecular weight is 320 g/mol. The summed E-state index contributed by atoms with van der Waals surface area (Å²) >= 11 is 1.91. The Bertz CT molecular complexity index is 310. The molecule has 0 saturated carbocycles. The van der Waals surface area contributed by atoms with Crippen LogP contribution in [-0.4, -0.2) is 36.2 Å². The van der Waals surface area contributed by atoms with Gasteiger partial charge in [0.1, 0.15) is 28.8 Å². The minimum absolute atomic E-state index is 0.702. The molecular formula is C9H13IN4O. The summed E-state index contributed by atoms with van der Waals surface area (Å²) < 4.78 is 5.13. The normalized spacial score (nSPS) is 18.1. The Labute approximate surface area is 103 Å². The van der Waals surface area contributed by atoms with Gasteiger partial charge in [-0.15, -0.1) is 0 Å². The first-order chi connectivity index (χ1) is 7.29. The number of rotatable bonds is 2. The van der Waals surface area contributed by atoms with Gasteiger partial charge in [-0.2, -0.15) is 5.06 Å². The van der Waals surface area contributed by atoms with E-state index in [1.54, 1.807) is 6.20 Å². The molecule has 0 amide bonds. The van der Waals surface area contributed by atoms with E-state index in [4.69, 9.17) is 8.90 Å². The van der Waals surface area contributed by atoms with Crippen LogP contribution in [0, 0.1) is 0 Å². The largest absolute Gasteiger partial charge is 0.397 e. The van der Waals surface area contributed by atoms with Crippen molar-refractivity contribution in [2.75, 3.05) is 36.8 Å². The van der Waals surface area contributed by atoms with E-state index in [0.717, 1.165) is 32.0 Å². The number of nitrogens with zero attached hydrogens (tertiary/aromatic N) is 3. The molecule has 0 spiro atoms. The monoisotopic (exact) mass is 320 g/mol. The maximum Gasteiger partial charge on any atom is 0.137 e. The molecule has 1 aromatic rings. The highest BCUT2D eigenvalue weighted by Gasteiger charge is 2.17. The van der Waals surface area contributed by atoms with Gasteiger partial charge in [0.25, 0.3) is 0 Å². The Morgan fingerprint density at radius 3 is 2.53 bits per heavy atom. The molecule has 2 heterocycles. The van der Waals surface area contributed by atoms with Crippen LogP contribution in [0.2, 0.25) is 0 Å². The second-order valence-electron chi connectivity index (χ2n) is 3.43. The summed E-state index contributed by atoms with van der Waals surface area (Å²) in [6.45, 7) is 3.66. The third-order valence-electron chi connectivity index (χ3n) is 2.43. The number of hydrogen-bond donors (Lipinski definition) is 1. The fourth-order valence-electron chi connectivity index (χ4n) is 1.57. The molecule has 1 fully saturated rings. The summed E-state index contributed by atoms with van der Waals surface area (Å²) in [6.07, 6.45) is 1.69. The van der Waals surface area contributed by atoms with Crippen LogP contribution in [0.3, 0.4) is 0 Å². The summed E-state index contributed by atoms with van der Waals surface area (Å²) in [6, 6.07) is 3.83. The van der Waals surface area contributed by atoms with Crippen LogP contribution in [0.15, 0.2) is 18.3 Å². The Kier molecular flexibility index (Phi) is 3.60. The fourth-order valence-corrected chi connectivity index (χ4v) is 1.96. The van der Waals surface area contributed by atoms with Crippen LogP contribution < -0.4 is 10.6 Å². The van der Waals surface area contributed by atoms with Gasteiger partial charge in [-0.1, -0.05) is 0 Å². The second-order valence-corrected chi connectivity index (χ2v) is 3.83. The van der Waals surface area contributed by atoms with Crippen LogP contribution in [0.25, 0.3) is 0 Å². The number of anilines is 2. The van der Waals surface area contributed by atoms with Crippen molar-refractivity contribution in [2.45, 2.75) is 0 Å². The molecule has 0 radical (unpaired) electrons. The van der Waals surface area contributed by atoms with Crippen molar-refractivity contribution in [3.05, 3.63) is 18.3 Å². The number of nitrogen functional groups attached to an aromatic ring is 1. The third-order valence-corrected chi connectivity index (χ3v) is 2.99. The Morgan fingerprint density at radius 1 is 1.27 bits per heavy atom. The molecule has 15 heavy (non-hydrogen) atoms. The van der Waals surface area contributed by atoms with E-state index < -0.39 is 0 Å². The van der Waals surface area contributed by atoms with Gasteiger partial charge in [0, 0.05) is 26.2 Å². The maximum atomic E-state index is 5.59. The molecule has 2 N–H and O–H groups in total. The van der Waals surface area contributed by atoms with E-state index in [-0.39, 0.29) is 0 Å². The average Bonchev–Trinajstić information content (AvgIpc) is 2.30. The molecule has 82 valence electrons. The van der Waals surface area contributed by atoms with Crippen molar-refractivity contribution < 1.29 is 3.17 Å². The maximum absolute atomic E-state index is 5.59. The standard InChI is InChI=1S/C9H13IN4O/c10-15-14-5-3-13(4-6-14)9-2-1-8(11)7-12-9/h1-2,7H,3-6,11H2. The number of hydrogen-bond acceptors (Lipinski definition) is 5. The van der Waals surface area contributed by atoms with Crippen molar-refractivity contribution in [3.63, 3.8) is 0 Å². The van der Waals surface area contributed by atoms with Gasteiger partial charge in [-0.25, -0.2) is 8.15 Å². The lowest BCUT2D eigenvalue weighted by atomic mass is 10.3. The van der Waals surface area contributed by atoms with Gasteiger partial charge < -0.3 is 10.6 Å². The minimum Gasteiger partial charge on any atom is -0.397 e. The van der Waals surface area contributed by atoms with Gasteiger partial charge in [-0.3, -0.25) is 0 Å². The zero-order valence-electron chi connectivity index (χ0n) is 8.27. The van der Waals surface area contributed by atoms with Crippen LogP contribution >= 0.6 is 23.0 Å². The number of aromatic nitrogens is 1. The van der Waals surface area contributed by atoms with Gasteiger partial charge in [0.15, 0.2) is 0 Å². The predicted octanol–water partition coefficient (Wildman–Crippen LogP) is 1.07. The minimum atomic E-state index is 0.702.